The lowest BCUT2D eigenvalue weighted by molar-refractivity contribution is -0.119. The van der Waals surface area contributed by atoms with Crippen LogP contribution in [0.5, 0.6) is 5.75 Å². The van der Waals surface area contributed by atoms with E-state index in [4.69, 9.17) is 4.74 Å². The van der Waals surface area contributed by atoms with Gasteiger partial charge in [0.1, 0.15) is 11.4 Å². The predicted octanol–water partition coefficient (Wildman–Crippen LogP) is 2.08. The van der Waals surface area contributed by atoms with Crippen LogP contribution in [0.1, 0.15) is 13.8 Å². The second-order valence-electron chi connectivity index (χ2n) is 4.09. The number of ether oxygens (including phenoxy) is 1. The van der Waals surface area contributed by atoms with E-state index in [0.29, 0.717) is 5.75 Å². The Morgan fingerprint density at radius 2 is 2.06 bits per heavy atom. The maximum Gasteiger partial charge on any atom is 0.229 e. The molecule has 4 nitrogen and oxygen atoms in total. The third kappa shape index (κ3) is 1.71. The van der Waals surface area contributed by atoms with Gasteiger partial charge in [-0.3, -0.25) is 4.79 Å². The molecule has 0 fully saturated rings. The topological polar surface area (TPSA) is 50.4 Å². The molecule has 0 aliphatic carbocycles. The Hall–Kier alpha value is -1.71. The molecule has 16 heavy (non-hydrogen) atoms. The van der Waals surface area contributed by atoms with Gasteiger partial charge in [0.25, 0.3) is 0 Å². The van der Waals surface area contributed by atoms with Gasteiger partial charge in [-0.05, 0) is 19.1 Å². The number of methoxy groups -OCH3 is 1. The standard InChI is InChI=1S/C12H16N2O2/c1-7-8(2)13-9-5-4-6-10(16-3)11(9)14-12(7)15/h4-8,13H,1-3H3,(H,14,15). The molecule has 0 saturated heterocycles. The zero-order valence-corrected chi connectivity index (χ0v) is 9.70. The van der Waals surface area contributed by atoms with Gasteiger partial charge in [0.2, 0.25) is 5.91 Å². The van der Waals surface area contributed by atoms with Crippen LogP contribution in [0, 0.1) is 5.92 Å². The van der Waals surface area contributed by atoms with Crippen LogP contribution in [0.2, 0.25) is 0 Å². The summed E-state index contributed by atoms with van der Waals surface area (Å²) in [5.74, 6) is 0.625. The zero-order valence-electron chi connectivity index (χ0n) is 9.70. The third-order valence-corrected chi connectivity index (χ3v) is 3.04. The Morgan fingerprint density at radius 1 is 1.31 bits per heavy atom. The van der Waals surface area contributed by atoms with Gasteiger partial charge in [0, 0.05) is 6.04 Å². The quantitative estimate of drug-likeness (QED) is 0.762. The second-order valence-corrected chi connectivity index (χ2v) is 4.09. The first kappa shape index (κ1) is 10.8. The average molecular weight is 220 g/mol. The van der Waals surface area contributed by atoms with Crippen LogP contribution in [0.4, 0.5) is 11.4 Å². The fourth-order valence-electron chi connectivity index (χ4n) is 1.78. The van der Waals surface area contributed by atoms with Gasteiger partial charge in [0.15, 0.2) is 0 Å². The van der Waals surface area contributed by atoms with Crippen LogP contribution in [0.3, 0.4) is 0 Å². The lowest BCUT2D eigenvalue weighted by Gasteiger charge is -2.16. The number of fused-ring (bicyclic) bond motifs is 1. The molecule has 0 bridgehead atoms. The Morgan fingerprint density at radius 3 is 2.75 bits per heavy atom. The van der Waals surface area contributed by atoms with E-state index in [2.05, 4.69) is 10.6 Å². The number of hydrogen-bond donors (Lipinski definition) is 2. The number of nitrogens with one attached hydrogen (secondary N) is 2. The molecule has 1 amide bonds. The maximum absolute atomic E-state index is 11.8. The molecule has 1 aliphatic heterocycles. The molecular weight excluding hydrogens is 204 g/mol. The van der Waals surface area contributed by atoms with Crippen molar-refractivity contribution in [2.75, 3.05) is 17.7 Å². The molecule has 0 spiro atoms. The van der Waals surface area contributed by atoms with Crippen LogP contribution in [-0.2, 0) is 4.79 Å². The maximum atomic E-state index is 11.8. The third-order valence-electron chi connectivity index (χ3n) is 3.04. The van der Waals surface area contributed by atoms with E-state index in [1.807, 2.05) is 32.0 Å². The molecule has 2 atom stereocenters. The summed E-state index contributed by atoms with van der Waals surface area (Å²) in [7, 11) is 1.60. The predicted molar refractivity (Wildman–Crippen MR) is 63.9 cm³/mol. The van der Waals surface area contributed by atoms with Crippen molar-refractivity contribution in [3.8, 4) is 5.75 Å². The molecular formula is C12H16N2O2. The first-order chi connectivity index (χ1) is 7.63. The summed E-state index contributed by atoms with van der Waals surface area (Å²) in [6.07, 6.45) is 0. The Bertz CT molecular complexity index is 417. The number of carbonyl (C=O) groups is 1. The molecule has 86 valence electrons. The van der Waals surface area contributed by atoms with Crippen molar-refractivity contribution in [3.63, 3.8) is 0 Å². The summed E-state index contributed by atoms with van der Waals surface area (Å²) in [5.41, 5.74) is 1.63. The summed E-state index contributed by atoms with van der Waals surface area (Å²) in [6, 6.07) is 5.78. The highest BCUT2D eigenvalue weighted by atomic mass is 16.5. The summed E-state index contributed by atoms with van der Waals surface area (Å²) in [6.45, 7) is 3.91. The lowest BCUT2D eigenvalue weighted by atomic mass is 10.0. The Balaban J connectivity index is 2.46. The minimum absolute atomic E-state index is 0.0169. The molecule has 1 aliphatic rings. The van der Waals surface area contributed by atoms with E-state index < -0.39 is 0 Å². The number of hydrogen-bond acceptors (Lipinski definition) is 3. The molecule has 0 saturated carbocycles. The van der Waals surface area contributed by atoms with Crippen LogP contribution in [-0.4, -0.2) is 19.1 Å². The van der Waals surface area contributed by atoms with E-state index in [1.54, 1.807) is 7.11 Å². The van der Waals surface area contributed by atoms with Crippen molar-refractivity contribution < 1.29 is 9.53 Å². The summed E-state index contributed by atoms with van der Waals surface area (Å²) >= 11 is 0. The number of amides is 1. The van der Waals surface area contributed by atoms with E-state index in [1.165, 1.54) is 0 Å². The minimum atomic E-state index is -0.0721. The van der Waals surface area contributed by atoms with Gasteiger partial charge in [-0.25, -0.2) is 0 Å². The van der Waals surface area contributed by atoms with Crippen LogP contribution >= 0.6 is 0 Å². The molecule has 0 aromatic heterocycles. The molecule has 2 N–H and O–H groups in total. The van der Waals surface area contributed by atoms with Crippen molar-refractivity contribution in [2.24, 2.45) is 5.92 Å². The minimum Gasteiger partial charge on any atom is -0.494 e. The fraction of sp³-hybridized carbons (Fsp3) is 0.417. The van der Waals surface area contributed by atoms with Crippen molar-refractivity contribution in [2.45, 2.75) is 19.9 Å². The molecule has 1 aromatic carbocycles. The van der Waals surface area contributed by atoms with Crippen molar-refractivity contribution >= 4 is 17.3 Å². The highest BCUT2D eigenvalue weighted by Gasteiger charge is 2.26. The number of rotatable bonds is 1. The Labute approximate surface area is 95.0 Å². The number of benzene rings is 1. The first-order valence-corrected chi connectivity index (χ1v) is 5.38. The molecule has 2 rings (SSSR count). The van der Waals surface area contributed by atoms with Crippen LogP contribution < -0.4 is 15.4 Å². The molecule has 0 radical (unpaired) electrons. The lowest BCUT2D eigenvalue weighted by Crippen LogP contribution is -2.30. The normalized spacial score (nSPS) is 23.8. The van der Waals surface area contributed by atoms with Gasteiger partial charge in [-0.1, -0.05) is 13.0 Å². The van der Waals surface area contributed by atoms with E-state index in [0.717, 1.165) is 11.4 Å². The van der Waals surface area contributed by atoms with Crippen LogP contribution in [0.15, 0.2) is 18.2 Å². The average Bonchev–Trinajstić information content (AvgIpc) is 2.39. The SMILES string of the molecule is COc1cccc2c1NC(=O)C(C)C(C)N2. The van der Waals surface area contributed by atoms with Crippen molar-refractivity contribution in [1.82, 2.24) is 0 Å². The molecule has 2 unspecified atom stereocenters. The number of carbonyl (C=O) groups excluding carboxylic acids is 1. The van der Waals surface area contributed by atoms with E-state index >= 15 is 0 Å². The largest absolute Gasteiger partial charge is 0.494 e. The second kappa shape index (κ2) is 4.04. The van der Waals surface area contributed by atoms with Crippen molar-refractivity contribution in [3.05, 3.63) is 18.2 Å². The smallest absolute Gasteiger partial charge is 0.229 e. The van der Waals surface area contributed by atoms with Gasteiger partial charge < -0.3 is 15.4 Å². The monoisotopic (exact) mass is 220 g/mol. The molecule has 1 aromatic rings. The molecule has 4 heteroatoms. The van der Waals surface area contributed by atoms with Gasteiger partial charge >= 0.3 is 0 Å². The fourth-order valence-corrected chi connectivity index (χ4v) is 1.78. The highest BCUT2D eigenvalue weighted by Crippen LogP contribution is 2.35. The summed E-state index contributed by atoms with van der Waals surface area (Å²) in [5, 5.41) is 6.21. The summed E-state index contributed by atoms with van der Waals surface area (Å²) in [4.78, 5) is 11.8. The van der Waals surface area contributed by atoms with Gasteiger partial charge in [-0.15, -0.1) is 0 Å². The van der Waals surface area contributed by atoms with E-state index in [-0.39, 0.29) is 17.9 Å². The van der Waals surface area contributed by atoms with Crippen LogP contribution in [0.25, 0.3) is 0 Å². The number of anilines is 2. The first-order valence-electron chi connectivity index (χ1n) is 5.38. The van der Waals surface area contributed by atoms with E-state index in [9.17, 15) is 4.79 Å². The summed E-state index contributed by atoms with van der Waals surface area (Å²) < 4.78 is 5.23. The Kier molecular flexibility index (Phi) is 2.73. The van der Waals surface area contributed by atoms with Gasteiger partial charge in [-0.2, -0.15) is 0 Å². The zero-order chi connectivity index (χ0) is 11.7. The number of para-hydroxylation sites is 1. The highest BCUT2D eigenvalue weighted by molar-refractivity contribution is 5.99. The van der Waals surface area contributed by atoms with Gasteiger partial charge in [0.05, 0.1) is 18.7 Å². The molecule has 1 heterocycles. The van der Waals surface area contributed by atoms with Crippen molar-refractivity contribution in [1.29, 1.82) is 0 Å².